The molecule has 1 aromatic carbocycles. The minimum atomic E-state index is -0.686. The minimum Gasteiger partial charge on any atom is -0.488 e. The Bertz CT molecular complexity index is 349. The molecule has 0 atom stereocenters. The van der Waals surface area contributed by atoms with Gasteiger partial charge in [-0.25, -0.2) is 10.2 Å². The van der Waals surface area contributed by atoms with Crippen molar-refractivity contribution in [1.82, 2.24) is 5.43 Å². The van der Waals surface area contributed by atoms with Gasteiger partial charge in [-0.05, 0) is 19.1 Å². The molecular weight excluding hydrogens is 194 g/mol. The molecule has 0 unspecified atom stereocenters. The maximum absolute atomic E-state index is 10.3. The van der Waals surface area contributed by atoms with Crippen LogP contribution in [0.25, 0.3) is 0 Å². The van der Waals surface area contributed by atoms with E-state index in [0.29, 0.717) is 12.3 Å². The number of primary amides is 1. The van der Waals surface area contributed by atoms with Gasteiger partial charge in [-0.15, -0.1) is 0 Å². The van der Waals surface area contributed by atoms with Crippen LogP contribution >= 0.6 is 0 Å². The lowest BCUT2D eigenvalue weighted by molar-refractivity contribution is 0.249. The van der Waals surface area contributed by atoms with Gasteiger partial charge in [0.25, 0.3) is 0 Å². The molecular formula is C10H13N3O2. The molecule has 0 heterocycles. The van der Waals surface area contributed by atoms with Gasteiger partial charge < -0.3 is 10.5 Å². The van der Waals surface area contributed by atoms with Crippen molar-refractivity contribution in [2.45, 2.75) is 6.92 Å². The van der Waals surface area contributed by atoms with Crippen LogP contribution in [-0.4, -0.2) is 18.3 Å². The molecule has 1 rings (SSSR count). The molecule has 0 saturated carbocycles. The smallest absolute Gasteiger partial charge is 0.332 e. The Balaban J connectivity index is 2.37. The van der Waals surface area contributed by atoms with E-state index in [1.165, 1.54) is 0 Å². The molecule has 0 spiro atoms. The molecule has 0 aliphatic carbocycles. The number of urea groups is 1. The highest BCUT2D eigenvalue weighted by Gasteiger charge is 1.95. The maximum atomic E-state index is 10.3. The van der Waals surface area contributed by atoms with Crippen molar-refractivity contribution in [3.63, 3.8) is 0 Å². The Labute approximate surface area is 87.9 Å². The first kappa shape index (κ1) is 11.0. The lowest BCUT2D eigenvalue weighted by Crippen LogP contribution is -2.26. The molecule has 0 aliphatic rings. The molecule has 5 heteroatoms. The number of amides is 2. The number of para-hydroxylation sites is 1. The number of hydrogen-bond acceptors (Lipinski definition) is 3. The molecule has 80 valence electrons. The van der Waals surface area contributed by atoms with Crippen LogP contribution in [0.1, 0.15) is 6.92 Å². The molecule has 0 radical (unpaired) electrons. The summed E-state index contributed by atoms with van der Waals surface area (Å²) in [4.78, 5) is 10.3. The summed E-state index contributed by atoms with van der Waals surface area (Å²) in [5, 5.41) is 3.71. The third-order valence-electron chi connectivity index (χ3n) is 1.55. The van der Waals surface area contributed by atoms with E-state index in [2.05, 4.69) is 10.5 Å². The van der Waals surface area contributed by atoms with Gasteiger partial charge >= 0.3 is 6.03 Å². The number of benzene rings is 1. The Hall–Kier alpha value is -2.04. The highest BCUT2D eigenvalue weighted by molar-refractivity contribution is 5.84. The van der Waals surface area contributed by atoms with Gasteiger partial charge in [0.1, 0.15) is 12.4 Å². The molecule has 0 fully saturated rings. The summed E-state index contributed by atoms with van der Waals surface area (Å²) in [6.45, 7) is 2.04. The van der Waals surface area contributed by atoms with Gasteiger partial charge in [0, 0.05) is 0 Å². The lowest BCUT2D eigenvalue weighted by Gasteiger charge is -2.04. The summed E-state index contributed by atoms with van der Waals surface area (Å²) in [5.74, 6) is 0.756. The number of nitrogens with zero attached hydrogens (tertiary/aromatic N) is 1. The van der Waals surface area contributed by atoms with Crippen molar-refractivity contribution in [2.24, 2.45) is 10.8 Å². The molecule has 0 bridgehead atoms. The van der Waals surface area contributed by atoms with Crippen molar-refractivity contribution in [3.05, 3.63) is 30.3 Å². The van der Waals surface area contributed by atoms with Crippen molar-refractivity contribution in [2.75, 3.05) is 6.61 Å². The Kier molecular flexibility index (Phi) is 4.15. The maximum Gasteiger partial charge on any atom is 0.332 e. The number of ether oxygens (including phenoxy) is 1. The first-order valence-electron chi connectivity index (χ1n) is 4.45. The number of carbonyl (C=O) groups is 1. The Morgan fingerprint density at radius 2 is 2.13 bits per heavy atom. The molecule has 0 saturated heterocycles. The first-order valence-corrected chi connectivity index (χ1v) is 4.45. The number of nitrogens with one attached hydrogen (secondary N) is 1. The van der Waals surface area contributed by atoms with Crippen molar-refractivity contribution in [3.8, 4) is 5.75 Å². The minimum absolute atomic E-state index is 0.310. The molecule has 2 amide bonds. The van der Waals surface area contributed by atoms with E-state index in [0.717, 1.165) is 5.75 Å². The number of nitrogens with two attached hydrogens (primary N) is 1. The quantitative estimate of drug-likeness (QED) is 0.573. The van der Waals surface area contributed by atoms with Crippen molar-refractivity contribution >= 4 is 11.7 Å². The van der Waals surface area contributed by atoms with E-state index in [1.807, 2.05) is 30.3 Å². The van der Waals surface area contributed by atoms with Crippen LogP contribution in [0.4, 0.5) is 4.79 Å². The fourth-order valence-electron chi connectivity index (χ4n) is 0.887. The summed E-state index contributed by atoms with van der Waals surface area (Å²) < 4.78 is 5.38. The summed E-state index contributed by atoms with van der Waals surface area (Å²) in [7, 11) is 0. The molecule has 5 nitrogen and oxygen atoms in total. The van der Waals surface area contributed by atoms with E-state index in [-0.39, 0.29) is 0 Å². The molecule has 1 aromatic rings. The van der Waals surface area contributed by atoms with Gasteiger partial charge in [0.2, 0.25) is 0 Å². The highest BCUT2D eigenvalue weighted by Crippen LogP contribution is 2.07. The second kappa shape index (κ2) is 5.64. The third-order valence-corrected chi connectivity index (χ3v) is 1.55. The summed E-state index contributed by atoms with van der Waals surface area (Å²) in [6, 6.07) is 8.66. The van der Waals surface area contributed by atoms with Crippen molar-refractivity contribution in [1.29, 1.82) is 0 Å². The van der Waals surface area contributed by atoms with E-state index in [4.69, 9.17) is 10.5 Å². The van der Waals surface area contributed by atoms with Crippen LogP contribution in [-0.2, 0) is 0 Å². The van der Waals surface area contributed by atoms with Crippen LogP contribution in [0.15, 0.2) is 35.4 Å². The SMILES string of the molecule is C/C(COc1ccccc1)=N/NC(N)=O. The number of hydrazone groups is 1. The second-order valence-corrected chi connectivity index (χ2v) is 2.92. The highest BCUT2D eigenvalue weighted by atomic mass is 16.5. The second-order valence-electron chi connectivity index (χ2n) is 2.92. The zero-order valence-electron chi connectivity index (χ0n) is 8.43. The zero-order chi connectivity index (χ0) is 11.1. The van der Waals surface area contributed by atoms with E-state index in [9.17, 15) is 4.79 Å². The lowest BCUT2D eigenvalue weighted by atomic mass is 10.3. The van der Waals surface area contributed by atoms with Gasteiger partial charge in [-0.1, -0.05) is 18.2 Å². The standard InChI is InChI=1S/C10H13N3O2/c1-8(12-13-10(11)14)7-15-9-5-3-2-4-6-9/h2-6H,7H2,1H3,(H3,11,13,14)/b12-8-. The summed E-state index contributed by atoms with van der Waals surface area (Å²) >= 11 is 0. The predicted octanol–water partition coefficient (Wildman–Crippen LogP) is 1.11. The summed E-state index contributed by atoms with van der Waals surface area (Å²) in [6.07, 6.45) is 0. The fraction of sp³-hybridized carbons (Fsp3) is 0.200. The Morgan fingerprint density at radius 3 is 2.73 bits per heavy atom. The Morgan fingerprint density at radius 1 is 1.47 bits per heavy atom. The topological polar surface area (TPSA) is 76.7 Å². The van der Waals surface area contributed by atoms with Crippen LogP contribution in [0.5, 0.6) is 5.75 Å². The van der Waals surface area contributed by atoms with Crippen LogP contribution in [0, 0.1) is 0 Å². The summed E-state index contributed by atoms with van der Waals surface area (Å²) in [5.41, 5.74) is 7.62. The number of hydrogen-bond donors (Lipinski definition) is 2. The predicted molar refractivity (Wildman–Crippen MR) is 57.8 cm³/mol. The fourth-order valence-corrected chi connectivity index (χ4v) is 0.887. The number of rotatable bonds is 4. The first-order chi connectivity index (χ1) is 7.18. The molecule has 0 aromatic heterocycles. The monoisotopic (exact) mass is 207 g/mol. The zero-order valence-corrected chi connectivity index (χ0v) is 8.43. The average Bonchev–Trinajstić information content (AvgIpc) is 2.25. The van der Waals surface area contributed by atoms with Crippen LogP contribution in [0.3, 0.4) is 0 Å². The molecule has 3 N–H and O–H groups in total. The van der Waals surface area contributed by atoms with E-state index >= 15 is 0 Å². The van der Waals surface area contributed by atoms with E-state index < -0.39 is 6.03 Å². The van der Waals surface area contributed by atoms with Crippen LogP contribution < -0.4 is 15.9 Å². The van der Waals surface area contributed by atoms with Gasteiger partial charge in [-0.2, -0.15) is 5.10 Å². The molecule has 0 aliphatic heterocycles. The van der Waals surface area contributed by atoms with Crippen molar-refractivity contribution < 1.29 is 9.53 Å². The van der Waals surface area contributed by atoms with Gasteiger partial charge in [0.05, 0.1) is 5.71 Å². The van der Waals surface area contributed by atoms with Gasteiger partial charge in [0.15, 0.2) is 0 Å². The normalized spacial score (nSPS) is 10.9. The third kappa shape index (κ3) is 4.66. The average molecular weight is 207 g/mol. The van der Waals surface area contributed by atoms with Gasteiger partial charge in [-0.3, -0.25) is 0 Å². The van der Waals surface area contributed by atoms with Crippen LogP contribution in [0.2, 0.25) is 0 Å². The largest absolute Gasteiger partial charge is 0.488 e. The number of carbonyl (C=O) groups excluding carboxylic acids is 1. The molecule has 15 heavy (non-hydrogen) atoms. The van der Waals surface area contributed by atoms with E-state index in [1.54, 1.807) is 6.92 Å².